The van der Waals surface area contributed by atoms with Crippen LogP contribution in [0.25, 0.3) is 0 Å². The van der Waals surface area contributed by atoms with E-state index < -0.39 is 11.0 Å². The number of thiophene rings is 1. The maximum absolute atomic E-state index is 11.2. The van der Waals surface area contributed by atoms with Gasteiger partial charge in [-0.25, -0.2) is 0 Å². The van der Waals surface area contributed by atoms with Gasteiger partial charge in [-0.05, 0) is 19.8 Å². The molecule has 1 heterocycles. The monoisotopic (exact) mass is 302 g/mol. The first-order chi connectivity index (χ1) is 9.46. The summed E-state index contributed by atoms with van der Waals surface area (Å²) in [6.45, 7) is 5.93. The summed E-state index contributed by atoms with van der Waals surface area (Å²) in [5, 5.41) is 30.6. The van der Waals surface area contributed by atoms with Gasteiger partial charge in [0.05, 0.1) is 17.6 Å². The van der Waals surface area contributed by atoms with E-state index in [4.69, 9.17) is 0 Å². The van der Waals surface area contributed by atoms with E-state index in [0.29, 0.717) is 16.4 Å². The average Bonchev–Trinajstić information content (AvgIpc) is 2.84. The van der Waals surface area contributed by atoms with Crippen LogP contribution in [0.4, 0.5) is 10.7 Å². The van der Waals surface area contributed by atoms with E-state index in [1.807, 2.05) is 18.7 Å². The summed E-state index contributed by atoms with van der Waals surface area (Å²) >= 11 is 1.23. The van der Waals surface area contributed by atoms with Gasteiger partial charge in [-0.1, -0.05) is 13.8 Å². The molecule has 20 heavy (non-hydrogen) atoms. The quantitative estimate of drug-likeness (QED) is 0.569. The fraction of sp³-hybridized carbons (Fsp3) is 0.692. The molecule has 0 aromatic carbocycles. The van der Waals surface area contributed by atoms with Crippen molar-refractivity contribution in [3.8, 4) is 0 Å². The van der Waals surface area contributed by atoms with Crippen LogP contribution in [0.1, 0.15) is 44.6 Å². The first-order valence-corrected chi connectivity index (χ1v) is 7.61. The molecule has 0 saturated heterocycles. The summed E-state index contributed by atoms with van der Waals surface area (Å²) in [6.07, 6.45) is 0.954. The minimum atomic E-state index is -0.731. The van der Waals surface area contributed by atoms with Crippen molar-refractivity contribution in [3.63, 3.8) is 0 Å². The van der Waals surface area contributed by atoms with Crippen molar-refractivity contribution in [2.75, 3.05) is 18.1 Å². The van der Waals surface area contributed by atoms with Crippen molar-refractivity contribution in [1.29, 1.82) is 0 Å². The predicted molar refractivity (Wildman–Crippen MR) is 80.4 cm³/mol. The fourth-order valence-corrected chi connectivity index (χ4v) is 3.38. The topological polar surface area (TPSA) is 86.8 Å². The number of aliphatic hydroxyl groups is 2. The SMILES string of the molecule is CCC(CC)N(CCO)c1sc([C@H](C)O)cc1[N+](=O)[O-]. The van der Waals surface area contributed by atoms with Crippen molar-refractivity contribution in [2.24, 2.45) is 0 Å². The van der Waals surface area contributed by atoms with Crippen molar-refractivity contribution >= 4 is 22.0 Å². The fourth-order valence-electron chi connectivity index (χ4n) is 2.22. The van der Waals surface area contributed by atoms with Crippen molar-refractivity contribution in [1.82, 2.24) is 0 Å². The number of hydrogen-bond donors (Lipinski definition) is 2. The first kappa shape index (κ1) is 16.9. The summed E-state index contributed by atoms with van der Waals surface area (Å²) in [5.74, 6) is 0. The number of nitro groups is 1. The summed E-state index contributed by atoms with van der Waals surface area (Å²) in [4.78, 5) is 13.2. The van der Waals surface area contributed by atoms with Crippen LogP contribution in [0.3, 0.4) is 0 Å². The molecule has 1 atom stereocenters. The highest BCUT2D eigenvalue weighted by atomic mass is 32.1. The van der Waals surface area contributed by atoms with E-state index >= 15 is 0 Å². The minimum Gasteiger partial charge on any atom is -0.395 e. The molecular weight excluding hydrogens is 280 g/mol. The van der Waals surface area contributed by atoms with Gasteiger partial charge >= 0.3 is 5.69 Å². The van der Waals surface area contributed by atoms with Gasteiger partial charge in [-0.3, -0.25) is 10.1 Å². The van der Waals surface area contributed by atoms with Crippen LogP contribution in [0.2, 0.25) is 0 Å². The zero-order valence-electron chi connectivity index (χ0n) is 12.1. The molecular formula is C13H22N2O4S. The Hall–Kier alpha value is -1.18. The summed E-state index contributed by atoms with van der Waals surface area (Å²) < 4.78 is 0. The highest BCUT2D eigenvalue weighted by Crippen LogP contribution is 2.41. The molecule has 0 radical (unpaired) electrons. The molecule has 1 aromatic heterocycles. The summed E-state index contributed by atoms with van der Waals surface area (Å²) in [5.41, 5.74) is 0.00579. The van der Waals surface area contributed by atoms with E-state index in [0.717, 1.165) is 12.8 Å². The summed E-state index contributed by atoms with van der Waals surface area (Å²) in [7, 11) is 0. The molecule has 1 rings (SSSR count). The lowest BCUT2D eigenvalue weighted by molar-refractivity contribution is -0.383. The Morgan fingerprint density at radius 3 is 2.45 bits per heavy atom. The Balaban J connectivity index is 3.26. The molecule has 0 fully saturated rings. The third kappa shape index (κ3) is 3.68. The normalized spacial score (nSPS) is 12.7. The van der Waals surface area contributed by atoms with E-state index in [1.54, 1.807) is 6.92 Å². The highest BCUT2D eigenvalue weighted by molar-refractivity contribution is 7.16. The Morgan fingerprint density at radius 1 is 1.45 bits per heavy atom. The lowest BCUT2D eigenvalue weighted by atomic mass is 10.1. The summed E-state index contributed by atoms with van der Waals surface area (Å²) in [6, 6.07) is 1.57. The van der Waals surface area contributed by atoms with Gasteiger partial charge in [-0.2, -0.15) is 0 Å². The maximum atomic E-state index is 11.2. The number of nitrogens with zero attached hydrogens (tertiary/aromatic N) is 2. The van der Waals surface area contributed by atoms with Gasteiger partial charge in [0.25, 0.3) is 0 Å². The number of hydrogen-bond acceptors (Lipinski definition) is 6. The van der Waals surface area contributed by atoms with E-state index in [1.165, 1.54) is 17.4 Å². The number of anilines is 1. The second-order valence-corrected chi connectivity index (χ2v) is 5.72. The Bertz CT molecular complexity index is 444. The molecule has 2 N–H and O–H groups in total. The number of aliphatic hydroxyl groups excluding tert-OH is 2. The van der Waals surface area contributed by atoms with Crippen molar-refractivity contribution in [2.45, 2.75) is 45.8 Å². The molecule has 0 bridgehead atoms. The predicted octanol–water partition coefficient (Wildman–Crippen LogP) is 2.70. The third-order valence-corrected chi connectivity index (χ3v) is 4.64. The van der Waals surface area contributed by atoms with Crippen LogP contribution in [0.5, 0.6) is 0 Å². The van der Waals surface area contributed by atoms with Crippen LogP contribution in [0, 0.1) is 10.1 Å². The molecule has 0 aliphatic rings. The van der Waals surface area contributed by atoms with E-state index in [-0.39, 0.29) is 18.3 Å². The standard InChI is InChI=1S/C13H22N2O4S/c1-4-10(5-2)14(6-7-16)13-11(15(18)19)8-12(20-13)9(3)17/h8-10,16-17H,4-7H2,1-3H3/t9-/m0/s1. The number of rotatable bonds is 8. The Labute approximate surface area is 122 Å². The zero-order valence-corrected chi connectivity index (χ0v) is 12.9. The molecule has 0 aliphatic carbocycles. The largest absolute Gasteiger partial charge is 0.395 e. The molecule has 0 saturated carbocycles. The third-order valence-electron chi connectivity index (χ3n) is 3.31. The van der Waals surface area contributed by atoms with Gasteiger partial charge in [0.2, 0.25) is 0 Å². The van der Waals surface area contributed by atoms with Crippen LogP contribution >= 0.6 is 11.3 Å². The average molecular weight is 302 g/mol. The highest BCUT2D eigenvalue weighted by Gasteiger charge is 2.28. The van der Waals surface area contributed by atoms with Crippen LogP contribution in [-0.2, 0) is 0 Å². The van der Waals surface area contributed by atoms with Gasteiger partial charge in [-0.15, -0.1) is 11.3 Å². The van der Waals surface area contributed by atoms with E-state index in [9.17, 15) is 20.3 Å². The van der Waals surface area contributed by atoms with Gasteiger partial charge in [0.15, 0.2) is 5.00 Å². The van der Waals surface area contributed by atoms with Crippen LogP contribution in [-0.4, -0.2) is 34.3 Å². The van der Waals surface area contributed by atoms with Crippen molar-refractivity contribution < 1.29 is 15.1 Å². The smallest absolute Gasteiger partial charge is 0.304 e. The molecule has 0 spiro atoms. The first-order valence-electron chi connectivity index (χ1n) is 6.79. The molecule has 0 aliphatic heterocycles. The molecule has 7 heteroatoms. The Morgan fingerprint density at radius 2 is 2.05 bits per heavy atom. The second-order valence-electron chi connectivity index (χ2n) is 4.66. The molecule has 1 aromatic rings. The van der Waals surface area contributed by atoms with Gasteiger partial charge in [0, 0.05) is 23.5 Å². The van der Waals surface area contributed by atoms with Crippen LogP contribution in [0.15, 0.2) is 6.07 Å². The molecule has 0 amide bonds. The lowest BCUT2D eigenvalue weighted by Gasteiger charge is -2.30. The van der Waals surface area contributed by atoms with Crippen molar-refractivity contribution in [3.05, 3.63) is 21.1 Å². The maximum Gasteiger partial charge on any atom is 0.304 e. The lowest BCUT2D eigenvalue weighted by Crippen LogP contribution is -2.36. The molecule has 0 unspecified atom stereocenters. The zero-order chi connectivity index (χ0) is 15.3. The van der Waals surface area contributed by atoms with Gasteiger partial charge in [0.1, 0.15) is 0 Å². The Kier molecular flexibility index (Phi) is 6.38. The van der Waals surface area contributed by atoms with E-state index in [2.05, 4.69) is 0 Å². The molecule has 6 nitrogen and oxygen atoms in total. The van der Waals surface area contributed by atoms with Gasteiger partial charge < -0.3 is 15.1 Å². The molecule has 114 valence electrons. The minimum absolute atomic E-state index is 0.00579. The van der Waals surface area contributed by atoms with Crippen LogP contribution < -0.4 is 4.90 Å². The second kappa shape index (κ2) is 7.56.